The van der Waals surface area contributed by atoms with Crippen molar-refractivity contribution in [2.24, 2.45) is 5.41 Å². The Bertz CT molecular complexity index is 485. The van der Waals surface area contributed by atoms with Gasteiger partial charge in [0.2, 0.25) is 5.95 Å². The molecule has 0 fully saturated rings. The third kappa shape index (κ3) is 3.13. The first-order valence-corrected chi connectivity index (χ1v) is 6.44. The first-order chi connectivity index (χ1) is 8.61. The zero-order chi connectivity index (χ0) is 13.0. The molecule has 96 valence electrons. The molecule has 0 bridgehead atoms. The molecular weight excluding hydrogens is 222 g/mol. The summed E-state index contributed by atoms with van der Waals surface area (Å²) in [6.45, 7) is 7.75. The molecule has 3 nitrogen and oxygen atoms in total. The summed E-state index contributed by atoms with van der Waals surface area (Å²) in [5.41, 5.74) is 1.35. The maximum Gasteiger partial charge on any atom is 0.207 e. The van der Waals surface area contributed by atoms with Crippen LogP contribution in [0.4, 0.5) is 11.6 Å². The molecule has 0 unspecified atom stereocenters. The molecule has 0 spiro atoms. The lowest BCUT2D eigenvalue weighted by Crippen LogP contribution is -2.19. The normalized spacial score (nSPS) is 11.5. The van der Waals surface area contributed by atoms with Crippen molar-refractivity contribution in [3.8, 4) is 0 Å². The largest absolute Gasteiger partial charge is 0.326 e. The van der Waals surface area contributed by atoms with E-state index in [1.54, 1.807) is 0 Å². The van der Waals surface area contributed by atoms with E-state index in [1.165, 1.54) is 0 Å². The monoisotopic (exact) mass is 243 g/mol. The lowest BCUT2D eigenvalue weighted by Gasteiger charge is -2.24. The number of imidazole rings is 1. The van der Waals surface area contributed by atoms with E-state index in [1.807, 2.05) is 42.7 Å². The van der Waals surface area contributed by atoms with Crippen LogP contribution in [0, 0.1) is 5.41 Å². The van der Waals surface area contributed by atoms with Crippen LogP contribution in [-0.2, 0) is 6.54 Å². The standard InChI is InChI=1S/C15H21N3/c1-4-15(2,3)12-18-11-10-16-14(18)17-13-8-6-5-7-9-13/h5-11H,4,12H2,1-3H3,(H,16,17). The molecule has 0 amide bonds. The number of rotatable bonds is 5. The Labute approximate surface area is 109 Å². The van der Waals surface area contributed by atoms with E-state index in [0.717, 1.165) is 24.6 Å². The van der Waals surface area contributed by atoms with Gasteiger partial charge in [0.05, 0.1) is 0 Å². The maximum atomic E-state index is 4.38. The van der Waals surface area contributed by atoms with Gasteiger partial charge in [-0.2, -0.15) is 0 Å². The van der Waals surface area contributed by atoms with Crippen molar-refractivity contribution >= 4 is 11.6 Å². The number of anilines is 2. The van der Waals surface area contributed by atoms with E-state index in [4.69, 9.17) is 0 Å². The molecule has 1 heterocycles. The summed E-state index contributed by atoms with van der Waals surface area (Å²) in [7, 11) is 0. The molecule has 1 N–H and O–H groups in total. The highest BCUT2D eigenvalue weighted by Crippen LogP contribution is 2.24. The fraction of sp³-hybridized carbons (Fsp3) is 0.400. The molecule has 0 aliphatic heterocycles. The molecule has 1 aromatic heterocycles. The second-order valence-electron chi connectivity index (χ2n) is 5.39. The van der Waals surface area contributed by atoms with Crippen molar-refractivity contribution < 1.29 is 0 Å². The van der Waals surface area contributed by atoms with Crippen LogP contribution in [0.2, 0.25) is 0 Å². The predicted molar refractivity (Wildman–Crippen MR) is 76.0 cm³/mol. The summed E-state index contributed by atoms with van der Waals surface area (Å²) in [5.74, 6) is 0.905. The molecule has 0 aliphatic rings. The Morgan fingerprint density at radius 1 is 1.22 bits per heavy atom. The molecule has 3 heteroatoms. The van der Waals surface area contributed by atoms with Gasteiger partial charge in [0.1, 0.15) is 0 Å². The third-order valence-electron chi connectivity index (χ3n) is 3.30. The Hall–Kier alpha value is -1.77. The van der Waals surface area contributed by atoms with Gasteiger partial charge < -0.3 is 9.88 Å². The number of para-hydroxylation sites is 1. The van der Waals surface area contributed by atoms with E-state index in [0.29, 0.717) is 0 Å². The summed E-state index contributed by atoms with van der Waals surface area (Å²) < 4.78 is 2.18. The Morgan fingerprint density at radius 2 is 1.94 bits per heavy atom. The zero-order valence-corrected chi connectivity index (χ0v) is 11.4. The van der Waals surface area contributed by atoms with Crippen LogP contribution in [0.5, 0.6) is 0 Å². The summed E-state index contributed by atoms with van der Waals surface area (Å²) >= 11 is 0. The second-order valence-corrected chi connectivity index (χ2v) is 5.39. The summed E-state index contributed by atoms with van der Waals surface area (Å²) in [5, 5.41) is 3.35. The van der Waals surface area contributed by atoms with Crippen molar-refractivity contribution in [1.29, 1.82) is 0 Å². The first-order valence-electron chi connectivity index (χ1n) is 6.44. The number of nitrogens with one attached hydrogen (secondary N) is 1. The van der Waals surface area contributed by atoms with Crippen LogP contribution in [0.15, 0.2) is 42.7 Å². The minimum Gasteiger partial charge on any atom is -0.326 e. The van der Waals surface area contributed by atoms with Crippen LogP contribution >= 0.6 is 0 Å². The number of nitrogens with zero attached hydrogens (tertiary/aromatic N) is 2. The summed E-state index contributed by atoms with van der Waals surface area (Å²) in [6, 6.07) is 10.1. The fourth-order valence-electron chi connectivity index (χ4n) is 1.78. The summed E-state index contributed by atoms with van der Waals surface area (Å²) in [6.07, 6.45) is 5.02. The smallest absolute Gasteiger partial charge is 0.207 e. The van der Waals surface area contributed by atoms with Crippen LogP contribution in [0.1, 0.15) is 27.2 Å². The summed E-state index contributed by atoms with van der Waals surface area (Å²) in [4.78, 5) is 4.38. The van der Waals surface area contributed by atoms with Gasteiger partial charge >= 0.3 is 0 Å². The Kier molecular flexibility index (Phi) is 3.70. The van der Waals surface area contributed by atoms with Gasteiger partial charge in [0.15, 0.2) is 0 Å². The number of hydrogen-bond donors (Lipinski definition) is 1. The molecule has 2 rings (SSSR count). The molecule has 0 saturated heterocycles. The molecule has 0 aliphatic carbocycles. The number of hydrogen-bond acceptors (Lipinski definition) is 2. The van der Waals surface area contributed by atoms with Crippen LogP contribution < -0.4 is 5.32 Å². The van der Waals surface area contributed by atoms with Crippen LogP contribution in [0.25, 0.3) is 0 Å². The quantitative estimate of drug-likeness (QED) is 0.858. The Morgan fingerprint density at radius 3 is 2.61 bits per heavy atom. The van der Waals surface area contributed by atoms with Gasteiger partial charge in [0.25, 0.3) is 0 Å². The van der Waals surface area contributed by atoms with E-state index < -0.39 is 0 Å². The maximum absolute atomic E-state index is 4.38. The van der Waals surface area contributed by atoms with Gasteiger partial charge in [-0.1, -0.05) is 39.0 Å². The third-order valence-corrected chi connectivity index (χ3v) is 3.30. The SMILES string of the molecule is CCC(C)(C)Cn1ccnc1Nc1ccccc1. The van der Waals surface area contributed by atoms with Crippen molar-refractivity contribution in [2.75, 3.05) is 5.32 Å². The minimum atomic E-state index is 0.286. The first kappa shape index (κ1) is 12.7. The average molecular weight is 243 g/mol. The van der Waals surface area contributed by atoms with E-state index in [-0.39, 0.29) is 5.41 Å². The minimum absolute atomic E-state index is 0.286. The lowest BCUT2D eigenvalue weighted by molar-refractivity contribution is 0.296. The second kappa shape index (κ2) is 5.25. The Balaban J connectivity index is 2.13. The number of aromatic nitrogens is 2. The van der Waals surface area contributed by atoms with Gasteiger partial charge in [0, 0.05) is 24.6 Å². The van der Waals surface area contributed by atoms with Gasteiger partial charge in [-0.3, -0.25) is 0 Å². The van der Waals surface area contributed by atoms with Crippen molar-refractivity contribution in [3.63, 3.8) is 0 Å². The van der Waals surface area contributed by atoms with Crippen molar-refractivity contribution in [2.45, 2.75) is 33.7 Å². The van der Waals surface area contributed by atoms with Crippen molar-refractivity contribution in [1.82, 2.24) is 9.55 Å². The molecule has 0 radical (unpaired) electrons. The lowest BCUT2D eigenvalue weighted by atomic mass is 9.90. The highest BCUT2D eigenvalue weighted by Gasteiger charge is 2.17. The molecule has 1 aromatic carbocycles. The van der Waals surface area contributed by atoms with E-state index in [2.05, 4.69) is 35.6 Å². The van der Waals surface area contributed by atoms with Gasteiger partial charge in [-0.05, 0) is 24.0 Å². The van der Waals surface area contributed by atoms with E-state index >= 15 is 0 Å². The van der Waals surface area contributed by atoms with Gasteiger partial charge in [-0.25, -0.2) is 4.98 Å². The molecular formula is C15H21N3. The van der Waals surface area contributed by atoms with Gasteiger partial charge in [-0.15, -0.1) is 0 Å². The average Bonchev–Trinajstić information content (AvgIpc) is 2.77. The molecule has 2 aromatic rings. The topological polar surface area (TPSA) is 29.9 Å². The predicted octanol–water partition coefficient (Wildman–Crippen LogP) is 4.06. The molecule has 0 atom stereocenters. The molecule has 0 saturated carbocycles. The van der Waals surface area contributed by atoms with Crippen molar-refractivity contribution in [3.05, 3.63) is 42.7 Å². The molecule has 18 heavy (non-hydrogen) atoms. The zero-order valence-electron chi connectivity index (χ0n) is 11.4. The van der Waals surface area contributed by atoms with Crippen LogP contribution in [-0.4, -0.2) is 9.55 Å². The highest BCUT2D eigenvalue weighted by atomic mass is 15.2. The van der Waals surface area contributed by atoms with Crippen LogP contribution in [0.3, 0.4) is 0 Å². The van der Waals surface area contributed by atoms with E-state index in [9.17, 15) is 0 Å². The fourth-order valence-corrected chi connectivity index (χ4v) is 1.78. The highest BCUT2D eigenvalue weighted by molar-refractivity contribution is 5.53. The number of benzene rings is 1.